The average Bonchev–Trinajstić information content (AvgIpc) is 3.50. The van der Waals surface area contributed by atoms with E-state index in [0.717, 1.165) is 18.0 Å². The molecule has 4 aromatic rings. The van der Waals surface area contributed by atoms with Crippen LogP contribution in [0.2, 0.25) is 10.0 Å². The summed E-state index contributed by atoms with van der Waals surface area (Å²) >= 11 is 12.7. The number of hydrogen-bond acceptors (Lipinski definition) is 9. The monoisotopic (exact) mass is 639 g/mol. The number of nitrogens with zero attached hydrogens (tertiary/aromatic N) is 4. The molecule has 12 nitrogen and oxygen atoms in total. The number of aromatic nitrogens is 4. The summed E-state index contributed by atoms with van der Waals surface area (Å²) < 4.78 is 50.1. The van der Waals surface area contributed by atoms with Crippen LogP contribution in [-0.4, -0.2) is 78.6 Å². The predicted octanol–water partition coefficient (Wildman–Crippen LogP) is 3.51. The highest BCUT2D eigenvalue weighted by Gasteiger charge is 2.32. The van der Waals surface area contributed by atoms with Gasteiger partial charge < -0.3 is 15.2 Å². The van der Waals surface area contributed by atoms with Gasteiger partial charge in [-0.2, -0.15) is 4.72 Å². The Morgan fingerprint density at radius 1 is 1.12 bits per heavy atom. The van der Waals surface area contributed by atoms with Gasteiger partial charge in [-0.05, 0) is 49.6 Å². The molecule has 1 amide bonds. The second-order valence-corrected chi connectivity index (χ2v) is 14.9. The van der Waals surface area contributed by atoms with E-state index < -0.39 is 38.0 Å². The number of nitrogens with one attached hydrogen (secondary N) is 3. The molecule has 0 radical (unpaired) electrons. The predicted molar refractivity (Wildman–Crippen MR) is 158 cm³/mol. The van der Waals surface area contributed by atoms with Crippen molar-refractivity contribution in [2.45, 2.75) is 31.5 Å². The third kappa shape index (κ3) is 6.89. The zero-order valence-corrected chi connectivity index (χ0v) is 25.2. The van der Waals surface area contributed by atoms with Crippen molar-refractivity contribution >= 4 is 76.7 Å². The van der Waals surface area contributed by atoms with Crippen molar-refractivity contribution in [2.75, 3.05) is 30.1 Å². The Bertz CT molecular complexity index is 1860. The van der Waals surface area contributed by atoms with Gasteiger partial charge in [-0.15, -0.1) is 0 Å². The zero-order valence-electron chi connectivity index (χ0n) is 22.1. The van der Waals surface area contributed by atoms with Gasteiger partial charge in [0.25, 0.3) is 5.91 Å². The molecule has 0 bridgehead atoms. The Hall–Kier alpha value is -3.04. The van der Waals surface area contributed by atoms with Gasteiger partial charge in [0.1, 0.15) is 27.8 Å². The van der Waals surface area contributed by atoms with Crippen molar-refractivity contribution in [1.29, 1.82) is 0 Å². The van der Waals surface area contributed by atoms with Crippen molar-refractivity contribution in [3.05, 3.63) is 58.1 Å². The first-order chi connectivity index (χ1) is 19.3. The topological polar surface area (TPSA) is 167 Å². The number of imidazole rings is 1. The molecule has 1 saturated heterocycles. The molecule has 1 fully saturated rings. The number of halogens is 2. The van der Waals surface area contributed by atoms with Crippen LogP contribution in [0.4, 0.5) is 5.82 Å². The van der Waals surface area contributed by atoms with Crippen LogP contribution in [0, 0.1) is 0 Å². The van der Waals surface area contributed by atoms with Crippen molar-refractivity contribution < 1.29 is 21.6 Å². The maximum atomic E-state index is 13.4. The average molecular weight is 641 g/mol. The van der Waals surface area contributed by atoms with Crippen LogP contribution in [-0.2, 0) is 19.9 Å². The summed E-state index contributed by atoms with van der Waals surface area (Å²) in [6, 6.07) is 7.74. The second kappa shape index (κ2) is 11.3. The smallest absolute Gasteiger partial charge is 0.256 e. The minimum Gasteiger partial charge on any atom is -0.359 e. The summed E-state index contributed by atoms with van der Waals surface area (Å²) in [6.07, 6.45) is 4.19. The molecule has 0 spiro atoms. The van der Waals surface area contributed by atoms with Crippen molar-refractivity contribution in [3.8, 4) is 0 Å². The molecule has 1 aliphatic rings. The standard InChI is InChI=1S/C25H27Cl2N7O5S2/c1-40(36,37)9-7-19(24-30-18-6-5-14(26)10-21(18)32-24)31-23-16-11-17(27)15(12-20(16)28-13-29-23)25(35)34-8-3-4-22(34)33-41(2,38)39/h5-6,10-13,19,22,33H,3-4,7-9H2,1-2H3,(H,30,32)(H,28,29,31)/t19-,22?/m0/s1. The fraction of sp³-hybridized carbons (Fsp3) is 0.360. The minimum atomic E-state index is -3.52. The van der Waals surface area contributed by atoms with E-state index in [4.69, 9.17) is 23.2 Å². The normalized spacial score (nSPS) is 16.9. The van der Waals surface area contributed by atoms with Gasteiger partial charge in [-0.25, -0.2) is 31.8 Å². The maximum Gasteiger partial charge on any atom is 0.256 e. The molecule has 1 unspecified atom stereocenters. The van der Waals surface area contributed by atoms with E-state index in [0.29, 0.717) is 52.5 Å². The zero-order chi connectivity index (χ0) is 29.5. The van der Waals surface area contributed by atoms with Gasteiger partial charge in [-0.1, -0.05) is 23.2 Å². The maximum absolute atomic E-state index is 13.4. The van der Waals surface area contributed by atoms with Crippen LogP contribution in [0.1, 0.15) is 41.5 Å². The first-order valence-electron chi connectivity index (χ1n) is 12.6. The molecule has 16 heteroatoms. The number of carbonyl (C=O) groups excluding carboxylic acids is 1. The number of benzene rings is 2. The lowest BCUT2D eigenvalue weighted by atomic mass is 10.1. The summed E-state index contributed by atoms with van der Waals surface area (Å²) in [5.74, 6) is 0.332. The highest BCUT2D eigenvalue weighted by Crippen LogP contribution is 2.32. The molecule has 5 rings (SSSR count). The Morgan fingerprint density at radius 3 is 2.63 bits per heavy atom. The summed E-state index contributed by atoms with van der Waals surface area (Å²) in [6.45, 7) is 0.377. The molecule has 3 heterocycles. The number of H-pyrrole nitrogens is 1. The first-order valence-corrected chi connectivity index (χ1v) is 17.3. The number of rotatable bonds is 9. The summed E-state index contributed by atoms with van der Waals surface area (Å²) in [4.78, 5) is 31.4. The number of hydrogen-bond donors (Lipinski definition) is 3. The number of sulfonamides is 1. The largest absolute Gasteiger partial charge is 0.359 e. The molecule has 0 saturated carbocycles. The first kappa shape index (κ1) is 29.5. The van der Waals surface area contributed by atoms with Crippen LogP contribution >= 0.6 is 23.2 Å². The van der Waals surface area contributed by atoms with Crippen LogP contribution < -0.4 is 10.0 Å². The van der Waals surface area contributed by atoms with E-state index in [9.17, 15) is 21.6 Å². The van der Waals surface area contributed by atoms with Crippen LogP contribution in [0.5, 0.6) is 0 Å². The third-order valence-electron chi connectivity index (χ3n) is 6.70. The molecule has 2 atom stereocenters. The fourth-order valence-electron chi connectivity index (χ4n) is 4.83. The number of aromatic amines is 1. The Morgan fingerprint density at radius 2 is 1.90 bits per heavy atom. The lowest BCUT2D eigenvalue weighted by Crippen LogP contribution is -2.46. The van der Waals surface area contributed by atoms with E-state index >= 15 is 0 Å². The van der Waals surface area contributed by atoms with E-state index in [2.05, 4.69) is 30.0 Å². The van der Waals surface area contributed by atoms with Crippen LogP contribution in [0.25, 0.3) is 21.9 Å². The summed E-state index contributed by atoms with van der Waals surface area (Å²) in [5.41, 5.74) is 1.96. The number of anilines is 1. The van der Waals surface area contributed by atoms with Gasteiger partial charge in [0.15, 0.2) is 0 Å². The molecule has 41 heavy (non-hydrogen) atoms. The number of amides is 1. The molecular formula is C25H27Cl2N7O5S2. The van der Waals surface area contributed by atoms with E-state index in [-0.39, 0.29) is 22.8 Å². The third-order valence-corrected chi connectivity index (χ3v) is 8.93. The SMILES string of the molecule is CS(=O)(=O)CC[C@H](Nc1ncnc2cc(C(=O)N3CCCC3NS(C)(=O)=O)c(Cl)cc12)c1nc2cc(Cl)ccc2[nH]1. The number of likely N-dealkylation sites (tertiary alicyclic amines) is 1. The molecule has 218 valence electrons. The Kier molecular flexibility index (Phi) is 8.14. The van der Waals surface area contributed by atoms with Gasteiger partial charge in [0, 0.05) is 23.2 Å². The Balaban J connectivity index is 1.48. The van der Waals surface area contributed by atoms with E-state index in [1.54, 1.807) is 24.3 Å². The minimum absolute atomic E-state index is 0.108. The van der Waals surface area contributed by atoms with Crippen LogP contribution in [0.15, 0.2) is 36.7 Å². The van der Waals surface area contributed by atoms with Crippen molar-refractivity contribution in [1.82, 2.24) is 29.6 Å². The summed E-state index contributed by atoms with van der Waals surface area (Å²) in [7, 11) is -6.81. The number of carbonyl (C=O) groups is 1. The van der Waals surface area contributed by atoms with Gasteiger partial charge in [0.2, 0.25) is 10.0 Å². The molecule has 1 aliphatic heterocycles. The van der Waals surface area contributed by atoms with Gasteiger partial charge in [0.05, 0.1) is 51.4 Å². The van der Waals surface area contributed by atoms with E-state index in [1.807, 2.05) is 0 Å². The number of sulfone groups is 1. The molecule has 2 aromatic heterocycles. The lowest BCUT2D eigenvalue weighted by Gasteiger charge is -2.25. The molecule has 3 N–H and O–H groups in total. The van der Waals surface area contributed by atoms with Gasteiger partial charge in [-0.3, -0.25) is 4.79 Å². The lowest BCUT2D eigenvalue weighted by molar-refractivity contribution is 0.0730. The van der Waals surface area contributed by atoms with Gasteiger partial charge >= 0.3 is 0 Å². The van der Waals surface area contributed by atoms with Crippen molar-refractivity contribution in [3.63, 3.8) is 0 Å². The van der Waals surface area contributed by atoms with Crippen molar-refractivity contribution in [2.24, 2.45) is 0 Å². The number of fused-ring (bicyclic) bond motifs is 2. The van der Waals surface area contributed by atoms with E-state index in [1.165, 1.54) is 17.3 Å². The Labute approximate surface area is 246 Å². The molecule has 0 aliphatic carbocycles. The summed E-state index contributed by atoms with van der Waals surface area (Å²) in [5, 5.41) is 4.44. The fourth-order valence-corrected chi connectivity index (χ4v) is 6.64. The molecular weight excluding hydrogens is 613 g/mol. The van der Waals surface area contributed by atoms with Crippen LogP contribution in [0.3, 0.4) is 0 Å². The second-order valence-electron chi connectivity index (χ2n) is 10.0. The highest BCUT2D eigenvalue weighted by molar-refractivity contribution is 7.90. The quantitative estimate of drug-likeness (QED) is 0.248. The highest BCUT2D eigenvalue weighted by atomic mass is 35.5. The molecule has 2 aromatic carbocycles.